The van der Waals surface area contributed by atoms with E-state index >= 15 is 0 Å². The third-order valence-corrected chi connectivity index (χ3v) is 3.56. The van der Waals surface area contributed by atoms with Crippen molar-refractivity contribution in [2.24, 2.45) is 5.92 Å². The first-order valence-electron chi connectivity index (χ1n) is 6.85. The molecule has 0 amide bonds. The molecule has 2 aromatic rings. The molecule has 1 aliphatic heterocycles. The zero-order chi connectivity index (χ0) is 16.6. The second kappa shape index (κ2) is 5.60. The quantitative estimate of drug-likeness (QED) is 0.880. The highest BCUT2D eigenvalue weighted by Gasteiger charge is 2.31. The number of cyclic esters (lactones) is 1. The van der Waals surface area contributed by atoms with Crippen LogP contribution in [0.3, 0.4) is 0 Å². The molecule has 2 heterocycles. The van der Waals surface area contributed by atoms with Gasteiger partial charge in [0.25, 0.3) is 0 Å². The minimum Gasteiger partial charge on any atom is -0.465 e. The first-order chi connectivity index (χ1) is 10.8. The summed E-state index contributed by atoms with van der Waals surface area (Å²) in [5, 5.41) is 0.476. The Labute approximate surface area is 128 Å². The summed E-state index contributed by atoms with van der Waals surface area (Å²) in [5.74, 6) is -1.21. The van der Waals surface area contributed by atoms with E-state index < -0.39 is 17.7 Å². The fourth-order valence-corrected chi connectivity index (χ4v) is 2.36. The summed E-state index contributed by atoms with van der Waals surface area (Å²) >= 11 is 0. The second-order valence-electron chi connectivity index (χ2n) is 5.33. The first kappa shape index (κ1) is 15.4. The van der Waals surface area contributed by atoms with Gasteiger partial charge in [-0.1, -0.05) is 6.07 Å². The maximum atomic E-state index is 12.7. The van der Waals surface area contributed by atoms with Gasteiger partial charge in [0, 0.05) is 16.8 Å². The van der Waals surface area contributed by atoms with Gasteiger partial charge in [0.1, 0.15) is 5.69 Å². The highest BCUT2D eigenvalue weighted by Crippen LogP contribution is 2.31. The van der Waals surface area contributed by atoms with Crippen molar-refractivity contribution in [3.8, 4) is 0 Å². The number of hydrogen-bond acceptors (Lipinski definition) is 4. The van der Waals surface area contributed by atoms with Crippen molar-refractivity contribution in [3.63, 3.8) is 0 Å². The van der Waals surface area contributed by atoms with E-state index in [2.05, 4.69) is 4.98 Å². The maximum absolute atomic E-state index is 12.7. The van der Waals surface area contributed by atoms with Crippen molar-refractivity contribution < 1.29 is 32.2 Å². The molecule has 23 heavy (non-hydrogen) atoms. The zero-order valence-electron chi connectivity index (χ0n) is 11.8. The average Bonchev–Trinajstić information content (AvgIpc) is 3.08. The van der Waals surface area contributed by atoms with Gasteiger partial charge < -0.3 is 14.5 Å². The molecule has 1 unspecified atom stereocenters. The monoisotopic (exact) mass is 327 g/mol. The molecule has 8 heteroatoms. The van der Waals surface area contributed by atoms with Gasteiger partial charge in [-0.15, -0.1) is 0 Å². The minimum absolute atomic E-state index is 0.0216. The highest BCUT2D eigenvalue weighted by atomic mass is 19.4. The number of fused-ring (bicyclic) bond motifs is 1. The Balaban J connectivity index is 1.72. The molecule has 1 saturated heterocycles. The van der Waals surface area contributed by atoms with Crippen LogP contribution >= 0.6 is 0 Å². The first-order valence-corrected chi connectivity index (χ1v) is 6.85. The normalized spacial score (nSPS) is 18.2. The number of carbonyl (C=O) groups excluding carboxylic acids is 2. The van der Waals surface area contributed by atoms with Crippen molar-refractivity contribution in [1.29, 1.82) is 0 Å². The van der Waals surface area contributed by atoms with E-state index in [1.807, 2.05) is 0 Å². The number of H-pyrrole nitrogens is 1. The van der Waals surface area contributed by atoms with Crippen LogP contribution in [0.25, 0.3) is 10.9 Å². The number of rotatable bonds is 3. The van der Waals surface area contributed by atoms with Gasteiger partial charge in [0.05, 0.1) is 25.2 Å². The molecule has 1 aliphatic rings. The molecule has 0 aliphatic carbocycles. The van der Waals surface area contributed by atoms with Crippen molar-refractivity contribution in [2.45, 2.75) is 12.6 Å². The summed E-state index contributed by atoms with van der Waals surface area (Å²) in [6, 6.07) is 4.60. The molecule has 1 aromatic carbocycles. The van der Waals surface area contributed by atoms with E-state index in [9.17, 15) is 22.8 Å². The molecule has 122 valence electrons. The van der Waals surface area contributed by atoms with E-state index in [1.54, 1.807) is 0 Å². The molecule has 0 spiro atoms. The highest BCUT2D eigenvalue weighted by molar-refractivity contribution is 5.95. The third kappa shape index (κ3) is 3.30. The fraction of sp³-hybridized carbons (Fsp3) is 0.333. The largest absolute Gasteiger partial charge is 0.465 e. The SMILES string of the molecule is O=C1CC(COC(=O)c2cc3ccc(C(F)(F)F)cc3[nH]2)CO1. The molecule has 0 radical (unpaired) electrons. The molecule has 5 nitrogen and oxygen atoms in total. The van der Waals surface area contributed by atoms with Crippen molar-refractivity contribution in [1.82, 2.24) is 4.98 Å². The summed E-state index contributed by atoms with van der Waals surface area (Å²) in [7, 11) is 0. The Morgan fingerprint density at radius 3 is 2.78 bits per heavy atom. The summed E-state index contributed by atoms with van der Waals surface area (Å²) in [6.07, 6.45) is -4.26. The van der Waals surface area contributed by atoms with Crippen molar-refractivity contribution in [3.05, 3.63) is 35.5 Å². The van der Waals surface area contributed by atoms with Gasteiger partial charge in [-0.3, -0.25) is 4.79 Å². The van der Waals surface area contributed by atoms with E-state index in [4.69, 9.17) is 9.47 Å². The van der Waals surface area contributed by atoms with Crippen LogP contribution in [-0.2, 0) is 20.4 Å². The predicted molar refractivity (Wildman–Crippen MR) is 72.6 cm³/mol. The molecular weight excluding hydrogens is 315 g/mol. The van der Waals surface area contributed by atoms with Gasteiger partial charge in [-0.2, -0.15) is 13.2 Å². The third-order valence-electron chi connectivity index (χ3n) is 3.56. The summed E-state index contributed by atoms with van der Waals surface area (Å²) in [5.41, 5.74) is -0.538. The Kier molecular flexibility index (Phi) is 3.75. The lowest BCUT2D eigenvalue weighted by molar-refractivity contribution is -0.138. The number of alkyl halides is 3. The number of aromatic amines is 1. The maximum Gasteiger partial charge on any atom is 0.416 e. The summed E-state index contributed by atoms with van der Waals surface area (Å²) in [4.78, 5) is 25.5. The van der Waals surface area contributed by atoms with E-state index in [0.29, 0.717) is 5.39 Å². The number of aromatic nitrogens is 1. The van der Waals surface area contributed by atoms with Crippen LogP contribution < -0.4 is 0 Å². The fourth-order valence-electron chi connectivity index (χ4n) is 2.36. The molecule has 0 bridgehead atoms. The Bertz CT molecular complexity index is 766. The predicted octanol–water partition coefficient (Wildman–Crippen LogP) is 2.91. The lowest BCUT2D eigenvalue weighted by Crippen LogP contribution is -2.14. The van der Waals surface area contributed by atoms with Crippen LogP contribution in [0.5, 0.6) is 0 Å². The lowest BCUT2D eigenvalue weighted by Gasteiger charge is -2.06. The zero-order valence-corrected chi connectivity index (χ0v) is 11.8. The average molecular weight is 327 g/mol. The molecule has 1 N–H and O–H groups in total. The number of nitrogens with one attached hydrogen (secondary N) is 1. The number of hydrogen-bond donors (Lipinski definition) is 1. The second-order valence-corrected chi connectivity index (χ2v) is 5.33. The van der Waals surface area contributed by atoms with Gasteiger partial charge in [-0.05, 0) is 18.2 Å². The molecular formula is C15H12F3NO4. The lowest BCUT2D eigenvalue weighted by atomic mass is 10.1. The molecule has 1 fully saturated rings. The van der Waals surface area contributed by atoms with E-state index in [0.717, 1.165) is 12.1 Å². The van der Waals surface area contributed by atoms with Crippen LogP contribution in [0.2, 0.25) is 0 Å². The van der Waals surface area contributed by atoms with E-state index in [1.165, 1.54) is 12.1 Å². The van der Waals surface area contributed by atoms with Crippen LogP contribution in [-0.4, -0.2) is 30.1 Å². The van der Waals surface area contributed by atoms with E-state index in [-0.39, 0.29) is 42.7 Å². The van der Waals surface area contributed by atoms with Gasteiger partial charge in [0.15, 0.2) is 0 Å². The topological polar surface area (TPSA) is 68.4 Å². The van der Waals surface area contributed by atoms with Crippen LogP contribution in [0.1, 0.15) is 22.5 Å². The number of benzene rings is 1. The summed E-state index contributed by atoms with van der Waals surface area (Å²) < 4.78 is 47.8. The minimum atomic E-state index is -4.45. The van der Waals surface area contributed by atoms with Crippen LogP contribution in [0, 0.1) is 5.92 Å². The number of ether oxygens (including phenoxy) is 2. The standard InChI is InChI=1S/C15H12F3NO4/c16-15(17,18)10-2-1-9-4-12(19-11(9)5-10)14(21)23-7-8-3-13(20)22-6-8/h1-2,4-5,8,19H,3,6-7H2. The number of carbonyl (C=O) groups is 2. The van der Waals surface area contributed by atoms with Crippen molar-refractivity contribution in [2.75, 3.05) is 13.2 Å². The van der Waals surface area contributed by atoms with Crippen molar-refractivity contribution >= 4 is 22.8 Å². The van der Waals surface area contributed by atoms with Gasteiger partial charge in [-0.25, -0.2) is 4.79 Å². The Morgan fingerprint density at radius 1 is 1.35 bits per heavy atom. The summed E-state index contributed by atoms with van der Waals surface area (Å²) in [6.45, 7) is 0.224. The number of esters is 2. The number of halogens is 3. The molecule has 1 atom stereocenters. The van der Waals surface area contributed by atoms with Crippen LogP contribution in [0.4, 0.5) is 13.2 Å². The van der Waals surface area contributed by atoms with Gasteiger partial charge >= 0.3 is 18.1 Å². The Morgan fingerprint density at radius 2 is 2.13 bits per heavy atom. The molecule has 1 aromatic heterocycles. The molecule has 0 saturated carbocycles. The van der Waals surface area contributed by atoms with Crippen LogP contribution in [0.15, 0.2) is 24.3 Å². The molecule has 3 rings (SSSR count). The van der Waals surface area contributed by atoms with Gasteiger partial charge in [0.2, 0.25) is 0 Å². The smallest absolute Gasteiger partial charge is 0.416 e. The Hall–Kier alpha value is -2.51.